The minimum atomic E-state index is 0.688. The normalized spacial score (nSPS) is 28.7. The summed E-state index contributed by atoms with van der Waals surface area (Å²) in [5, 5.41) is 3.62. The maximum Gasteiger partial charge on any atom is 0.0478 e. The zero-order valence-electron chi connectivity index (χ0n) is 13.5. The van der Waals surface area contributed by atoms with Crippen LogP contribution in [0.5, 0.6) is 0 Å². The van der Waals surface area contributed by atoms with Gasteiger partial charge in [0.25, 0.3) is 0 Å². The number of hydrogen-bond acceptors (Lipinski definition) is 3. The van der Waals surface area contributed by atoms with E-state index in [-0.39, 0.29) is 0 Å². The lowest BCUT2D eigenvalue weighted by molar-refractivity contribution is 0.0670. The van der Waals surface area contributed by atoms with Gasteiger partial charge in [-0.15, -0.1) is 0 Å². The summed E-state index contributed by atoms with van der Waals surface area (Å²) in [6, 6.07) is 1.39. The number of likely N-dealkylation sites (tertiary alicyclic amines) is 1. The first-order chi connectivity index (χ1) is 9.20. The second-order valence-corrected chi connectivity index (χ2v) is 5.91. The molecule has 0 bridgehead atoms. The van der Waals surface area contributed by atoms with Crippen LogP contribution in [0.1, 0.15) is 53.4 Å². The van der Waals surface area contributed by atoms with E-state index in [1.165, 1.54) is 38.8 Å². The number of ether oxygens (including phenoxy) is 1. The van der Waals surface area contributed by atoms with Gasteiger partial charge in [0.2, 0.25) is 0 Å². The predicted octanol–water partition coefficient (Wildman–Crippen LogP) is 2.90. The van der Waals surface area contributed by atoms with Crippen molar-refractivity contribution >= 4 is 0 Å². The van der Waals surface area contributed by atoms with Crippen molar-refractivity contribution in [2.45, 2.75) is 65.5 Å². The summed E-state index contributed by atoms with van der Waals surface area (Å²) in [5.74, 6) is 0.745. The van der Waals surface area contributed by atoms with E-state index in [4.69, 9.17) is 4.74 Å². The van der Waals surface area contributed by atoms with Gasteiger partial charge in [-0.05, 0) is 45.2 Å². The first-order valence-corrected chi connectivity index (χ1v) is 8.25. The molecule has 3 heteroatoms. The molecule has 0 aromatic rings. The van der Waals surface area contributed by atoms with E-state index in [0.29, 0.717) is 12.1 Å². The predicted molar refractivity (Wildman–Crippen MR) is 82.6 cm³/mol. The molecule has 3 atom stereocenters. The maximum absolute atomic E-state index is 5.65. The Bertz CT molecular complexity index is 223. The Morgan fingerprint density at radius 2 is 1.89 bits per heavy atom. The third-order valence-corrected chi connectivity index (χ3v) is 4.54. The van der Waals surface area contributed by atoms with Crippen molar-refractivity contribution < 1.29 is 4.74 Å². The minimum absolute atomic E-state index is 0.688. The number of rotatable bonds is 9. The molecule has 0 aromatic carbocycles. The molecule has 19 heavy (non-hydrogen) atoms. The van der Waals surface area contributed by atoms with Gasteiger partial charge in [0.1, 0.15) is 0 Å². The van der Waals surface area contributed by atoms with Crippen LogP contribution in [0.3, 0.4) is 0 Å². The Morgan fingerprint density at radius 3 is 2.58 bits per heavy atom. The van der Waals surface area contributed by atoms with Crippen LogP contribution in [0.25, 0.3) is 0 Å². The Hall–Kier alpha value is -0.120. The lowest BCUT2D eigenvalue weighted by atomic mass is 9.87. The van der Waals surface area contributed by atoms with E-state index in [9.17, 15) is 0 Å². The van der Waals surface area contributed by atoms with Gasteiger partial charge >= 0.3 is 0 Å². The molecule has 3 nitrogen and oxygen atoms in total. The van der Waals surface area contributed by atoms with Crippen molar-refractivity contribution in [2.24, 2.45) is 5.92 Å². The zero-order valence-corrected chi connectivity index (χ0v) is 13.5. The summed E-state index contributed by atoms with van der Waals surface area (Å²) in [6.45, 7) is 14.6. The molecule has 1 aliphatic rings. The van der Waals surface area contributed by atoms with Crippen molar-refractivity contribution in [1.29, 1.82) is 0 Å². The average Bonchev–Trinajstić information content (AvgIpc) is 2.41. The maximum atomic E-state index is 5.65. The molecule has 3 unspecified atom stereocenters. The third-order valence-electron chi connectivity index (χ3n) is 4.54. The highest BCUT2D eigenvalue weighted by Crippen LogP contribution is 2.23. The first kappa shape index (κ1) is 16.9. The smallest absolute Gasteiger partial charge is 0.0478 e. The number of hydrogen-bond donors (Lipinski definition) is 1. The molecule has 0 saturated carbocycles. The summed E-state index contributed by atoms with van der Waals surface area (Å²) in [7, 11) is 0. The number of nitrogens with one attached hydrogen (secondary N) is 1. The molecule has 0 radical (unpaired) electrons. The highest BCUT2D eigenvalue weighted by atomic mass is 16.5. The van der Waals surface area contributed by atoms with Gasteiger partial charge in [0.05, 0.1) is 0 Å². The molecular weight excluding hydrogens is 236 g/mol. The van der Waals surface area contributed by atoms with E-state index in [1.807, 2.05) is 0 Å². The lowest BCUT2D eigenvalue weighted by Gasteiger charge is -2.43. The Balaban J connectivity index is 2.17. The van der Waals surface area contributed by atoms with E-state index in [1.54, 1.807) is 0 Å². The Labute approximate surface area is 120 Å². The van der Waals surface area contributed by atoms with Crippen molar-refractivity contribution in [1.82, 2.24) is 10.2 Å². The van der Waals surface area contributed by atoms with E-state index < -0.39 is 0 Å². The molecule has 1 N–H and O–H groups in total. The fourth-order valence-corrected chi connectivity index (χ4v) is 3.02. The summed E-state index contributed by atoms with van der Waals surface area (Å²) < 4.78 is 5.65. The van der Waals surface area contributed by atoms with E-state index in [2.05, 4.69) is 37.9 Å². The van der Waals surface area contributed by atoms with Crippen molar-refractivity contribution in [3.63, 3.8) is 0 Å². The third kappa shape index (κ3) is 5.80. The number of piperidine rings is 1. The topological polar surface area (TPSA) is 24.5 Å². The summed E-state index contributed by atoms with van der Waals surface area (Å²) in [6.07, 6.45) is 4.89. The van der Waals surface area contributed by atoms with Crippen LogP contribution in [-0.2, 0) is 4.74 Å². The molecule has 1 fully saturated rings. The Morgan fingerprint density at radius 1 is 1.16 bits per heavy atom. The SMILES string of the molecule is CCCCOCCCN1CCC(NCC)C(C)C1C. The quantitative estimate of drug-likeness (QED) is 0.652. The fourth-order valence-electron chi connectivity index (χ4n) is 3.02. The lowest BCUT2D eigenvalue weighted by Crippen LogP contribution is -2.53. The van der Waals surface area contributed by atoms with Crippen LogP contribution < -0.4 is 5.32 Å². The van der Waals surface area contributed by atoms with Crippen LogP contribution in [-0.4, -0.2) is 49.8 Å². The zero-order chi connectivity index (χ0) is 14.1. The molecule has 0 spiro atoms. The van der Waals surface area contributed by atoms with Crippen molar-refractivity contribution in [3.05, 3.63) is 0 Å². The van der Waals surface area contributed by atoms with Gasteiger partial charge in [-0.3, -0.25) is 0 Å². The van der Waals surface area contributed by atoms with Gasteiger partial charge in [-0.1, -0.05) is 27.2 Å². The monoisotopic (exact) mass is 270 g/mol. The standard InChI is InChI=1S/C16H34N2O/c1-5-7-12-19-13-8-10-18-11-9-16(17-6-2)14(3)15(18)4/h14-17H,5-13H2,1-4H3. The molecule has 1 saturated heterocycles. The van der Waals surface area contributed by atoms with Gasteiger partial charge in [-0.25, -0.2) is 0 Å². The van der Waals surface area contributed by atoms with Crippen LogP contribution in [0.15, 0.2) is 0 Å². The second-order valence-electron chi connectivity index (χ2n) is 5.91. The second kappa shape index (κ2) is 9.73. The molecule has 1 heterocycles. The highest BCUT2D eigenvalue weighted by molar-refractivity contribution is 4.88. The van der Waals surface area contributed by atoms with Crippen molar-refractivity contribution in [3.8, 4) is 0 Å². The van der Waals surface area contributed by atoms with Crippen molar-refractivity contribution in [2.75, 3.05) is 32.8 Å². The molecular formula is C16H34N2O. The van der Waals surface area contributed by atoms with Crippen LogP contribution in [0, 0.1) is 5.92 Å². The van der Waals surface area contributed by atoms with Crippen LogP contribution in [0.4, 0.5) is 0 Å². The molecule has 1 aliphatic heterocycles. The molecule has 1 rings (SSSR count). The Kier molecular flexibility index (Phi) is 8.67. The number of nitrogens with zero attached hydrogens (tertiary/aromatic N) is 1. The van der Waals surface area contributed by atoms with Crippen LogP contribution in [0.2, 0.25) is 0 Å². The first-order valence-electron chi connectivity index (χ1n) is 8.25. The average molecular weight is 270 g/mol. The fraction of sp³-hybridized carbons (Fsp3) is 1.00. The summed E-state index contributed by atoms with van der Waals surface area (Å²) in [4.78, 5) is 2.64. The van der Waals surface area contributed by atoms with Gasteiger partial charge in [0.15, 0.2) is 0 Å². The number of unbranched alkanes of at least 4 members (excludes halogenated alkanes) is 1. The van der Waals surface area contributed by atoms with Gasteiger partial charge in [-0.2, -0.15) is 0 Å². The van der Waals surface area contributed by atoms with E-state index in [0.717, 1.165) is 25.7 Å². The van der Waals surface area contributed by atoms with Gasteiger partial charge in [0, 0.05) is 31.8 Å². The molecule has 0 aromatic heterocycles. The summed E-state index contributed by atoms with van der Waals surface area (Å²) in [5.41, 5.74) is 0. The minimum Gasteiger partial charge on any atom is -0.381 e. The largest absolute Gasteiger partial charge is 0.381 e. The molecule has 0 aliphatic carbocycles. The molecule has 114 valence electrons. The molecule has 0 amide bonds. The van der Waals surface area contributed by atoms with E-state index >= 15 is 0 Å². The van der Waals surface area contributed by atoms with Gasteiger partial charge < -0.3 is 15.0 Å². The highest BCUT2D eigenvalue weighted by Gasteiger charge is 2.31. The van der Waals surface area contributed by atoms with Crippen LogP contribution >= 0.6 is 0 Å². The summed E-state index contributed by atoms with van der Waals surface area (Å²) >= 11 is 0.